The van der Waals surface area contributed by atoms with Crippen LogP contribution in [-0.4, -0.2) is 19.8 Å². The van der Waals surface area contributed by atoms with Crippen molar-refractivity contribution in [1.82, 2.24) is 5.32 Å². The molecule has 3 nitrogen and oxygen atoms in total. The van der Waals surface area contributed by atoms with Gasteiger partial charge < -0.3 is 14.8 Å². The van der Waals surface area contributed by atoms with Crippen molar-refractivity contribution in [3.8, 4) is 11.5 Å². The fraction of sp³-hybridized carbons (Fsp3) is 0.647. The summed E-state index contributed by atoms with van der Waals surface area (Å²) in [6.07, 6.45) is 5.09. The summed E-state index contributed by atoms with van der Waals surface area (Å²) in [6, 6.07) is 4.18. The SMILES string of the molecule is CCNCc1cc(Br)c(OC2CCC(C)CC2)c(OC)c1. The van der Waals surface area contributed by atoms with E-state index in [0.717, 1.165) is 47.8 Å². The van der Waals surface area contributed by atoms with Crippen molar-refractivity contribution >= 4 is 15.9 Å². The number of halogens is 1. The number of nitrogens with one attached hydrogen (secondary N) is 1. The van der Waals surface area contributed by atoms with E-state index < -0.39 is 0 Å². The van der Waals surface area contributed by atoms with Gasteiger partial charge >= 0.3 is 0 Å². The monoisotopic (exact) mass is 355 g/mol. The first kappa shape index (κ1) is 16.6. The van der Waals surface area contributed by atoms with Crippen LogP contribution in [0.15, 0.2) is 16.6 Å². The molecule has 0 aromatic heterocycles. The van der Waals surface area contributed by atoms with Gasteiger partial charge in [-0.1, -0.05) is 13.8 Å². The zero-order valence-electron chi connectivity index (χ0n) is 13.2. The van der Waals surface area contributed by atoms with Gasteiger partial charge in [0, 0.05) is 6.54 Å². The largest absolute Gasteiger partial charge is 0.493 e. The Kier molecular flexibility index (Phi) is 6.37. The molecule has 1 aromatic carbocycles. The summed E-state index contributed by atoms with van der Waals surface area (Å²) >= 11 is 3.64. The van der Waals surface area contributed by atoms with E-state index in [1.54, 1.807) is 7.11 Å². The van der Waals surface area contributed by atoms with Crippen molar-refractivity contribution < 1.29 is 9.47 Å². The van der Waals surface area contributed by atoms with Gasteiger partial charge in [-0.25, -0.2) is 0 Å². The molecular formula is C17H26BrNO2. The van der Waals surface area contributed by atoms with Crippen LogP contribution in [0.1, 0.15) is 45.1 Å². The lowest BCUT2D eigenvalue weighted by Crippen LogP contribution is -2.23. The Morgan fingerprint density at radius 1 is 1.24 bits per heavy atom. The minimum absolute atomic E-state index is 0.311. The maximum absolute atomic E-state index is 6.22. The van der Waals surface area contributed by atoms with Gasteiger partial charge in [-0.05, 0) is 71.8 Å². The predicted molar refractivity (Wildman–Crippen MR) is 90.1 cm³/mol. The Balaban J connectivity index is 2.10. The van der Waals surface area contributed by atoms with E-state index in [9.17, 15) is 0 Å². The minimum Gasteiger partial charge on any atom is -0.493 e. The molecule has 1 N–H and O–H groups in total. The van der Waals surface area contributed by atoms with Gasteiger partial charge in [0.05, 0.1) is 17.7 Å². The number of benzene rings is 1. The maximum Gasteiger partial charge on any atom is 0.175 e. The molecule has 0 atom stereocenters. The molecule has 0 radical (unpaired) electrons. The third-order valence-corrected chi connectivity index (χ3v) is 4.70. The molecule has 2 rings (SSSR count). The minimum atomic E-state index is 0.311. The van der Waals surface area contributed by atoms with Crippen LogP contribution in [0.5, 0.6) is 11.5 Å². The molecule has 0 bridgehead atoms. The Hall–Kier alpha value is -0.740. The maximum atomic E-state index is 6.22. The van der Waals surface area contributed by atoms with Crippen molar-refractivity contribution in [3.63, 3.8) is 0 Å². The molecule has 0 unspecified atom stereocenters. The van der Waals surface area contributed by atoms with Gasteiger partial charge in [-0.2, -0.15) is 0 Å². The van der Waals surface area contributed by atoms with Crippen molar-refractivity contribution in [1.29, 1.82) is 0 Å². The Labute approximate surface area is 136 Å². The average molecular weight is 356 g/mol. The summed E-state index contributed by atoms with van der Waals surface area (Å²) in [4.78, 5) is 0. The van der Waals surface area contributed by atoms with Crippen LogP contribution in [0.25, 0.3) is 0 Å². The van der Waals surface area contributed by atoms with Crippen molar-refractivity contribution in [2.75, 3.05) is 13.7 Å². The highest BCUT2D eigenvalue weighted by Crippen LogP contribution is 2.39. The topological polar surface area (TPSA) is 30.5 Å². The third kappa shape index (κ3) is 4.62. The molecule has 21 heavy (non-hydrogen) atoms. The zero-order valence-corrected chi connectivity index (χ0v) is 14.8. The van der Waals surface area contributed by atoms with E-state index in [1.807, 2.05) is 0 Å². The normalized spacial score (nSPS) is 22.1. The van der Waals surface area contributed by atoms with Crippen molar-refractivity contribution in [3.05, 3.63) is 22.2 Å². The molecule has 4 heteroatoms. The average Bonchev–Trinajstić information content (AvgIpc) is 2.49. The highest BCUT2D eigenvalue weighted by Gasteiger charge is 2.22. The second-order valence-corrected chi connectivity index (χ2v) is 6.74. The molecule has 118 valence electrons. The fourth-order valence-electron chi connectivity index (χ4n) is 2.77. The number of rotatable bonds is 6. The molecule has 0 spiro atoms. The molecular weight excluding hydrogens is 330 g/mol. The van der Waals surface area contributed by atoms with Gasteiger partial charge in [0.25, 0.3) is 0 Å². The second kappa shape index (κ2) is 8.04. The summed E-state index contributed by atoms with van der Waals surface area (Å²) in [5, 5.41) is 3.33. The van der Waals surface area contributed by atoms with Gasteiger partial charge in [-0.3, -0.25) is 0 Å². The third-order valence-electron chi connectivity index (χ3n) is 4.12. The Bertz CT molecular complexity index is 456. The van der Waals surface area contributed by atoms with Gasteiger partial charge in [0.1, 0.15) is 0 Å². The highest BCUT2D eigenvalue weighted by molar-refractivity contribution is 9.10. The number of hydrogen-bond acceptors (Lipinski definition) is 3. The van der Waals surface area contributed by atoms with Crippen LogP contribution in [0.4, 0.5) is 0 Å². The predicted octanol–water partition coefficient (Wildman–Crippen LogP) is 4.52. The summed E-state index contributed by atoms with van der Waals surface area (Å²) in [7, 11) is 1.70. The van der Waals surface area contributed by atoms with Gasteiger partial charge in [0.15, 0.2) is 11.5 Å². The van der Waals surface area contributed by atoms with Crippen LogP contribution >= 0.6 is 15.9 Å². The first-order valence-corrected chi connectivity index (χ1v) is 8.67. The molecule has 0 amide bonds. The highest BCUT2D eigenvalue weighted by atomic mass is 79.9. The first-order valence-electron chi connectivity index (χ1n) is 7.87. The van der Waals surface area contributed by atoms with E-state index in [-0.39, 0.29) is 0 Å². The first-order chi connectivity index (χ1) is 10.1. The molecule has 1 aromatic rings. The lowest BCUT2D eigenvalue weighted by molar-refractivity contribution is 0.130. The van der Waals surface area contributed by atoms with E-state index in [0.29, 0.717) is 6.10 Å². The molecule has 1 aliphatic rings. The quantitative estimate of drug-likeness (QED) is 0.813. The zero-order chi connectivity index (χ0) is 15.2. The number of ether oxygens (including phenoxy) is 2. The van der Waals surface area contributed by atoms with Crippen LogP contribution in [-0.2, 0) is 6.54 Å². The molecule has 1 saturated carbocycles. The van der Waals surface area contributed by atoms with E-state index in [1.165, 1.54) is 18.4 Å². The van der Waals surface area contributed by atoms with Crippen LogP contribution in [0, 0.1) is 5.92 Å². The molecule has 1 fully saturated rings. The summed E-state index contributed by atoms with van der Waals surface area (Å²) in [5.74, 6) is 2.49. The lowest BCUT2D eigenvalue weighted by Gasteiger charge is -2.28. The molecule has 0 aliphatic heterocycles. The van der Waals surface area contributed by atoms with Crippen LogP contribution < -0.4 is 14.8 Å². The van der Waals surface area contributed by atoms with Crippen molar-refractivity contribution in [2.24, 2.45) is 5.92 Å². The van der Waals surface area contributed by atoms with Crippen LogP contribution in [0.3, 0.4) is 0 Å². The van der Waals surface area contributed by atoms with Crippen molar-refractivity contribution in [2.45, 2.75) is 52.2 Å². The second-order valence-electron chi connectivity index (χ2n) is 5.89. The smallest absolute Gasteiger partial charge is 0.175 e. The standard InChI is InChI=1S/C17H26BrNO2/c1-4-19-11-13-9-15(18)17(16(10-13)20-3)21-14-7-5-12(2)6-8-14/h9-10,12,14,19H,4-8,11H2,1-3H3. The fourth-order valence-corrected chi connectivity index (χ4v) is 3.36. The van der Waals surface area contributed by atoms with Crippen LogP contribution in [0.2, 0.25) is 0 Å². The molecule has 0 heterocycles. The molecule has 1 aliphatic carbocycles. The number of hydrogen-bond donors (Lipinski definition) is 1. The van der Waals surface area contributed by atoms with Gasteiger partial charge in [-0.15, -0.1) is 0 Å². The summed E-state index contributed by atoms with van der Waals surface area (Å²) in [6.45, 7) is 6.22. The summed E-state index contributed by atoms with van der Waals surface area (Å²) < 4.78 is 12.7. The summed E-state index contributed by atoms with van der Waals surface area (Å²) in [5.41, 5.74) is 1.20. The van der Waals surface area contributed by atoms with E-state index in [2.05, 4.69) is 47.2 Å². The Morgan fingerprint density at radius 2 is 1.95 bits per heavy atom. The molecule has 0 saturated heterocycles. The van der Waals surface area contributed by atoms with E-state index in [4.69, 9.17) is 9.47 Å². The lowest BCUT2D eigenvalue weighted by atomic mass is 9.89. The van der Waals surface area contributed by atoms with E-state index >= 15 is 0 Å². The number of methoxy groups -OCH3 is 1. The van der Waals surface area contributed by atoms with Gasteiger partial charge in [0.2, 0.25) is 0 Å². The Morgan fingerprint density at radius 3 is 2.57 bits per heavy atom.